The predicted octanol–water partition coefficient (Wildman–Crippen LogP) is 2.67. The van der Waals surface area contributed by atoms with Crippen molar-refractivity contribution in [3.8, 4) is 5.75 Å². The molecule has 2 N–H and O–H groups in total. The van der Waals surface area contributed by atoms with Gasteiger partial charge >= 0.3 is 0 Å². The van der Waals surface area contributed by atoms with Gasteiger partial charge in [0.05, 0.1) is 12.1 Å². The third-order valence-electron chi connectivity index (χ3n) is 5.24. The van der Waals surface area contributed by atoms with Gasteiger partial charge in [0.15, 0.2) is 0 Å². The molecule has 138 valence electrons. The number of benzene rings is 1. The summed E-state index contributed by atoms with van der Waals surface area (Å²) in [6.45, 7) is 2.42. The van der Waals surface area contributed by atoms with Gasteiger partial charge in [-0.15, -0.1) is 0 Å². The molecule has 0 radical (unpaired) electrons. The fraction of sp³-hybridized carbons (Fsp3) is 0.500. The Hall–Kier alpha value is -2.34. The number of nitrogens with one attached hydrogen (secondary N) is 2. The smallest absolute Gasteiger partial charge is 0.272 e. The molecule has 2 aromatic rings. The zero-order chi connectivity index (χ0) is 17.8. The van der Waals surface area contributed by atoms with E-state index in [4.69, 9.17) is 4.74 Å². The first-order valence-corrected chi connectivity index (χ1v) is 9.58. The summed E-state index contributed by atoms with van der Waals surface area (Å²) in [4.78, 5) is 12.5. The van der Waals surface area contributed by atoms with Crippen LogP contribution in [0.15, 0.2) is 36.5 Å². The number of rotatable bonds is 6. The lowest BCUT2D eigenvalue weighted by atomic mass is 9.96. The van der Waals surface area contributed by atoms with Gasteiger partial charge in [-0.2, -0.15) is 5.10 Å². The summed E-state index contributed by atoms with van der Waals surface area (Å²) in [6, 6.07) is 10.0. The van der Waals surface area contributed by atoms with Crippen LogP contribution in [0.2, 0.25) is 0 Å². The average Bonchev–Trinajstić information content (AvgIpc) is 3.14. The Morgan fingerprint density at radius 2 is 2.12 bits per heavy atom. The van der Waals surface area contributed by atoms with Crippen LogP contribution >= 0.6 is 0 Å². The summed E-state index contributed by atoms with van der Waals surface area (Å²) in [6.07, 6.45) is 7.95. The lowest BCUT2D eigenvalue weighted by Crippen LogP contribution is -2.32. The molecule has 1 atom stereocenters. The van der Waals surface area contributed by atoms with Gasteiger partial charge in [0.2, 0.25) is 0 Å². The van der Waals surface area contributed by atoms with E-state index in [1.807, 2.05) is 35.1 Å². The zero-order valence-electron chi connectivity index (χ0n) is 15.0. The van der Waals surface area contributed by atoms with Crippen LogP contribution in [0.1, 0.15) is 54.2 Å². The molecule has 1 aromatic heterocycles. The maximum atomic E-state index is 12.5. The highest BCUT2D eigenvalue weighted by atomic mass is 16.5. The Kier molecular flexibility index (Phi) is 5.20. The van der Waals surface area contributed by atoms with Crippen molar-refractivity contribution in [2.45, 2.75) is 50.8 Å². The van der Waals surface area contributed by atoms with Gasteiger partial charge in [0.1, 0.15) is 11.4 Å². The fourth-order valence-corrected chi connectivity index (χ4v) is 3.42. The third-order valence-corrected chi connectivity index (χ3v) is 5.24. The topological polar surface area (TPSA) is 68.2 Å². The molecular weight excluding hydrogens is 328 g/mol. The maximum Gasteiger partial charge on any atom is 0.272 e. The van der Waals surface area contributed by atoms with E-state index in [0.29, 0.717) is 24.4 Å². The number of hydrogen-bond donors (Lipinski definition) is 2. The second kappa shape index (κ2) is 7.91. The minimum Gasteiger partial charge on any atom is -0.490 e. The molecule has 1 saturated carbocycles. The highest BCUT2D eigenvalue weighted by Gasteiger charge is 2.21. The highest BCUT2D eigenvalue weighted by molar-refractivity contribution is 5.92. The van der Waals surface area contributed by atoms with E-state index in [-0.39, 0.29) is 5.91 Å². The van der Waals surface area contributed by atoms with Gasteiger partial charge in [-0.1, -0.05) is 18.2 Å². The van der Waals surface area contributed by atoms with Gasteiger partial charge in [-0.25, -0.2) is 0 Å². The zero-order valence-corrected chi connectivity index (χ0v) is 15.0. The number of carbonyl (C=O) groups excluding carboxylic acids is 1. The number of ether oxygens (including phenoxy) is 1. The van der Waals surface area contributed by atoms with E-state index in [1.165, 1.54) is 6.42 Å². The molecule has 1 aliphatic carbocycles. The lowest BCUT2D eigenvalue weighted by Gasteiger charge is -2.27. The molecule has 6 nitrogen and oxygen atoms in total. The van der Waals surface area contributed by atoms with Crippen LogP contribution < -0.4 is 15.4 Å². The van der Waals surface area contributed by atoms with Crippen LogP contribution in [0.3, 0.4) is 0 Å². The van der Waals surface area contributed by atoms with Crippen LogP contribution in [0.5, 0.6) is 5.75 Å². The minimum absolute atomic E-state index is 0.147. The first-order chi connectivity index (χ1) is 12.8. The van der Waals surface area contributed by atoms with Crippen molar-refractivity contribution < 1.29 is 9.53 Å². The number of para-hydroxylation sites is 1. The Morgan fingerprint density at radius 1 is 1.23 bits per heavy atom. The molecule has 2 fully saturated rings. The van der Waals surface area contributed by atoms with Crippen LogP contribution in [0, 0.1) is 0 Å². The van der Waals surface area contributed by atoms with Gasteiger partial charge in [0, 0.05) is 24.8 Å². The molecule has 4 rings (SSSR count). The number of amides is 1. The molecule has 1 aromatic carbocycles. The number of nitrogens with zero attached hydrogens (tertiary/aromatic N) is 2. The Morgan fingerprint density at radius 3 is 2.88 bits per heavy atom. The molecule has 2 heterocycles. The predicted molar refractivity (Wildman–Crippen MR) is 99.2 cm³/mol. The monoisotopic (exact) mass is 354 g/mol. The Balaban J connectivity index is 1.36. The summed E-state index contributed by atoms with van der Waals surface area (Å²) < 4.78 is 7.94. The van der Waals surface area contributed by atoms with E-state index in [9.17, 15) is 4.79 Å². The lowest BCUT2D eigenvalue weighted by molar-refractivity contribution is 0.0942. The molecule has 1 unspecified atom stereocenters. The quantitative estimate of drug-likeness (QED) is 0.837. The van der Waals surface area contributed by atoms with Crippen molar-refractivity contribution in [2.75, 3.05) is 13.1 Å². The maximum absolute atomic E-state index is 12.5. The Bertz CT molecular complexity index is 748. The molecule has 0 bridgehead atoms. The van der Waals surface area contributed by atoms with Gasteiger partial charge < -0.3 is 15.4 Å². The van der Waals surface area contributed by atoms with Crippen LogP contribution in [0.25, 0.3) is 0 Å². The number of carbonyl (C=O) groups is 1. The molecule has 1 amide bonds. The van der Waals surface area contributed by atoms with Crippen LogP contribution in [0.4, 0.5) is 0 Å². The number of aromatic nitrogens is 2. The van der Waals surface area contributed by atoms with E-state index in [1.54, 1.807) is 6.07 Å². The molecule has 6 heteroatoms. The number of piperidine rings is 1. The van der Waals surface area contributed by atoms with Crippen molar-refractivity contribution in [2.24, 2.45) is 0 Å². The van der Waals surface area contributed by atoms with Crippen molar-refractivity contribution in [3.05, 3.63) is 47.8 Å². The first kappa shape index (κ1) is 17.1. The van der Waals surface area contributed by atoms with E-state index in [0.717, 1.165) is 50.1 Å². The van der Waals surface area contributed by atoms with Crippen LogP contribution in [-0.4, -0.2) is 34.9 Å². The highest BCUT2D eigenvalue weighted by Crippen LogP contribution is 2.27. The van der Waals surface area contributed by atoms with Gasteiger partial charge in [0.25, 0.3) is 5.91 Å². The second-order valence-corrected chi connectivity index (χ2v) is 7.14. The van der Waals surface area contributed by atoms with Crippen molar-refractivity contribution >= 4 is 5.91 Å². The summed E-state index contributed by atoms with van der Waals surface area (Å²) in [7, 11) is 0. The van der Waals surface area contributed by atoms with Crippen LogP contribution in [-0.2, 0) is 6.54 Å². The fourth-order valence-electron chi connectivity index (χ4n) is 3.42. The first-order valence-electron chi connectivity index (χ1n) is 9.58. The molecule has 1 saturated heterocycles. The van der Waals surface area contributed by atoms with Crippen molar-refractivity contribution in [1.29, 1.82) is 0 Å². The molecule has 1 aliphatic heterocycles. The molecule has 0 spiro atoms. The SMILES string of the molecule is O=C(NCc1ccccc1OC1CCC1)c1ccn(C2CCCNC2)n1. The standard InChI is InChI=1S/C20H26N4O2/c25-20(18-10-12-24(23-18)16-6-4-11-21-14-16)22-13-15-5-1-2-9-19(15)26-17-7-3-8-17/h1-2,5,9-10,12,16-17,21H,3-4,6-8,11,13-14H2,(H,22,25). The van der Waals surface area contributed by atoms with Crippen molar-refractivity contribution in [1.82, 2.24) is 20.4 Å². The van der Waals surface area contributed by atoms with Crippen molar-refractivity contribution in [3.63, 3.8) is 0 Å². The summed E-state index contributed by atoms with van der Waals surface area (Å²) in [5, 5.41) is 10.8. The Labute approximate surface area is 153 Å². The molecule has 2 aliphatic rings. The number of hydrogen-bond acceptors (Lipinski definition) is 4. The van der Waals surface area contributed by atoms with Gasteiger partial charge in [-0.3, -0.25) is 9.48 Å². The minimum atomic E-state index is -0.147. The van der Waals surface area contributed by atoms with Gasteiger partial charge in [-0.05, 0) is 50.8 Å². The average molecular weight is 354 g/mol. The molecule has 26 heavy (non-hydrogen) atoms. The van der Waals surface area contributed by atoms with E-state index >= 15 is 0 Å². The summed E-state index contributed by atoms with van der Waals surface area (Å²) in [5.41, 5.74) is 1.47. The summed E-state index contributed by atoms with van der Waals surface area (Å²) >= 11 is 0. The summed E-state index contributed by atoms with van der Waals surface area (Å²) in [5.74, 6) is 0.724. The molecular formula is C20H26N4O2. The third kappa shape index (κ3) is 3.90. The van der Waals surface area contributed by atoms with E-state index < -0.39 is 0 Å². The normalized spacial score (nSPS) is 20.4. The largest absolute Gasteiger partial charge is 0.490 e. The second-order valence-electron chi connectivity index (χ2n) is 7.14. The van der Waals surface area contributed by atoms with E-state index in [2.05, 4.69) is 15.7 Å².